The Hall–Kier alpha value is -0.170. The summed E-state index contributed by atoms with van der Waals surface area (Å²) in [7, 11) is -2.96. The summed E-state index contributed by atoms with van der Waals surface area (Å²) in [5, 5.41) is 9.80. The van der Waals surface area contributed by atoms with Gasteiger partial charge in [-0.25, -0.2) is 8.42 Å². The monoisotopic (exact) mass is 268 g/mol. The molecule has 17 heavy (non-hydrogen) atoms. The fourth-order valence-electron chi connectivity index (χ4n) is 1.39. The van der Waals surface area contributed by atoms with Gasteiger partial charge in [0.05, 0.1) is 5.75 Å². The molecule has 0 aromatic carbocycles. The lowest BCUT2D eigenvalue weighted by molar-refractivity contribution is -0.190. The van der Waals surface area contributed by atoms with Crippen LogP contribution in [0.5, 0.6) is 0 Å². The second kappa shape index (κ2) is 8.85. The van der Waals surface area contributed by atoms with Gasteiger partial charge in [0.2, 0.25) is 0 Å². The maximum atomic E-state index is 11.3. The van der Waals surface area contributed by atoms with Crippen molar-refractivity contribution in [3.05, 3.63) is 0 Å². The molecule has 0 radical (unpaired) electrons. The van der Waals surface area contributed by atoms with E-state index in [2.05, 4.69) is 0 Å². The fraction of sp³-hybridized carbons (Fsp3) is 1.00. The Kier molecular flexibility index (Phi) is 8.77. The number of ether oxygens (including phenoxy) is 2. The number of hydrogen-bond acceptors (Lipinski definition) is 5. The van der Waals surface area contributed by atoms with E-state index in [1.807, 2.05) is 13.8 Å². The first-order chi connectivity index (χ1) is 7.96. The molecule has 0 fully saturated rings. The third kappa shape index (κ3) is 7.70. The largest absolute Gasteiger partial charge is 0.388 e. The van der Waals surface area contributed by atoms with Gasteiger partial charge in [-0.1, -0.05) is 6.92 Å². The lowest BCUT2D eigenvalue weighted by Crippen LogP contribution is -2.32. The summed E-state index contributed by atoms with van der Waals surface area (Å²) in [5.74, 6) is 0.245. The molecule has 104 valence electrons. The van der Waals surface area contributed by atoms with E-state index in [-0.39, 0.29) is 11.5 Å². The number of aliphatic hydroxyl groups excluding tert-OH is 1. The van der Waals surface area contributed by atoms with E-state index in [0.29, 0.717) is 26.1 Å². The first-order valence-corrected chi connectivity index (χ1v) is 7.90. The highest BCUT2D eigenvalue weighted by atomic mass is 32.2. The van der Waals surface area contributed by atoms with Gasteiger partial charge < -0.3 is 14.6 Å². The van der Waals surface area contributed by atoms with Gasteiger partial charge in [0.1, 0.15) is 15.9 Å². The van der Waals surface area contributed by atoms with Crippen molar-refractivity contribution in [2.24, 2.45) is 0 Å². The van der Waals surface area contributed by atoms with Crippen LogP contribution in [0.2, 0.25) is 0 Å². The van der Waals surface area contributed by atoms with Gasteiger partial charge in [0.15, 0.2) is 6.29 Å². The van der Waals surface area contributed by atoms with Crippen LogP contribution in [0.15, 0.2) is 0 Å². The summed E-state index contributed by atoms with van der Waals surface area (Å²) >= 11 is 0. The molecular weight excluding hydrogens is 244 g/mol. The van der Waals surface area contributed by atoms with Crippen LogP contribution in [-0.2, 0) is 19.3 Å². The van der Waals surface area contributed by atoms with E-state index in [1.54, 1.807) is 6.92 Å². The van der Waals surface area contributed by atoms with E-state index in [9.17, 15) is 13.5 Å². The van der Waals surface area contributed by atoms with Crippen LogP contribution < -0.4 is 0 Å². The molecule has 0 bridgehead atoms. The van der Waals surface area contributed by atoms with Crippen LogP contribution in [0.1, 0.15) is 33.6 Å². The number of hydrogen-bond donors (Lipinski definition) is 1. The molecule has 0 spiro atoms. The Morgan fingerprint density at radius 1 is 1.12 bits per heavy atom. The average molecular weight is 268 g/mol. The van der Waals surface area contributed by atoms with E-state index in [1.165, 1.54) is 0 Å². The third-order valence-electron chi connectivity index (χ3n) is 2.37. The summed E-state index contributed by atoms with van der Waals surface area (Å²) in [6.45, 7) is 6.17. The molecular formula is C11H24O5S. The molecule has 1 unspecified atom stereocenters. The quantitative estimate of drug-likeness (QED) is 0.597. The molecule has 0 aliphatic heterocycles. The highest BCUT2D eigenvalue weighted by molar-refractivity contribution is 7.91. The van der Waals surface area contributed by atoms with Gasteiger partial charge in [0.25, 0.3) is 0 Å². The predicted octanol–water partition coefficient (Wildman–Crippen LogP) is 0.961. The van der Waals surface area contributed by atoms with Crippen LogP contribution in [0.25, 0.3) is 0 Å². The molecule has 1 atom stereocenters. The molecule has 0 saturated heterocycles. The molecule has 6 heteroatoms. The van der Waals surface area contributed by atoms with E-state index in [4.69, 9.17) is 9.47 Å². The standard InChI is InChI=1S/C11H24O5S/c1-4-15-11(16-5-2)10(12)8-7-9-17(13,14)6-3/h10-12H,4-9H2,1-3H3. The van der Waals surface area contributed by atoms with Gasteiger partial charge >= 0.3 is 0 Å². The zero-order valence-electron chi connectivity index (χ0n) is 10.9. The van der Waals surface area contributed by atoms with Crippen LogP contribution in [0.3, 0.4) is 0 Å². The van der Waals surface area contributed by atoms with Crippen LogP contribution in [0, 0.1) is 0 Å². The van der Waals surface area contributed by atoms with Crippen molar-refractivity contribution in [3.8, 4) is 0 Å². The lowest BCUT2D eigenvalue weighted by atomic mass is 10.2. The molecule has 0 aromatic rings. The SMILES string of the molecule is CCOC(OCC)C(O)CCCS(=O)(=O)CC. The van der Waals surface area contributed by atoms with Crippen LogP contribution in [0.4, 0.5) is 0 Å². The number of aliphatic hydroxyl groups is 1. The minimum atomic E-state index is -2.96. The zero-order valence-corrected chi connectivity index (χ0v) is 11.7. The Balaban J connectivity index is 4.01. The topological polar surface area (TPSA) is 72.8 Å². The molecule has 0 saturated carbocycles. The normalized spacial score (nSPS) is 14.2. The van der Waals surface area contributed by atoms with Crippen molar-refractivity contribution in [2.75, 3.05) is 24.7 Å². The van der Waals surface area contributed by atoms with Crippen molar-refractivity contribution in [1.82, 2.24) is 0 Å². The third-order valence-corrected chi connectivity index (χ3v) is 4.16. The number of sulfone groups is 1. The second-order valence-corrected chi connectivity index (χ2v) is 6.20. The zero-order chi connectivity index (χ0) is 13.3. The first-order valence-electron chi connectivity index (χ1n) is 6.08. The van der Waals surface area contributed by atoms with Gasteiger partial charge in [-0.3, -0.25) is 0 Å². The predicted molar refractivity (Wildman–Crippen MR) is 66.6 cm³/mol. The first kappa shape index (κ1) is 16.8. The molecule has 0 aliphatic carbocycles. The average Bonchev–Trinajstić information content (AvgIpc) is 2.28. The highest BCUT2D eigenvalue weighted by Gasteiger charge is 2.20. The van der Waals surface area contributed by atoms with Gasteiger partial charge in [-0.15, -0.1) is 0 Å². The summed E-state index contributed by atoms with van der Waals surface area (Å²) < 4.78 is 33.0. The molecule has 0 amide bonds. The van der Waals surface area contributed by atoms with Crippen LogP contribution in [-0.4, -0.2) is 50.6 Å². The van der Waals surface area contributed by atoms with Crippen molar-refractivity contribution in [1.29, 1.82) is 0 Å². The van der Waals surface area contributed by atoms with E-state index < -0.39 is 22.2 Å². The Bertz CT molecular complexity index is 270. The van der Waals surface area contributed by atoms with E-state index in [0.717, 1.165) is 0 Å². The number of rotatable bonds is 10. The Labute approximate surface area is 104 Å². The van der Waals surface area contributed by atoms with Crippen molar-refractivity contribution in [3.63, 3.8) is 0 Å². The lowest BCUT2D eigenvalue weighted by Gasteiger charge is -2.22. The van der Waals surface area contributed by atoms with Gasteiger partial charge in [-0.2, -0.15) is 0 Å². The van der Waals surface area contributed by atoms with Crippen LogP contribution >= 0.6 is 0 Å². The summed E-state index contributed by atoms with van der Waals surface area (Å²) in [6, 6.07) is 0. The molecule has 1 N–H and O–H groups in total. The van der Waals surface area contributed by atoms with Gasteiger partial charge in [0, 0.05) is 19.0 Å². The summed E-state index contributed by atoms with van der Waals surface area (Å²) in [6.07, 6.45) is -0.644. The van der Waals surface area contributed by atoms with Crippen molar-refractivity contribution >= 4 is 9.84 Å². The molecule has 0 aromatic heterocycles. The van der Waals surface area contributed by atoms with Gasteiger partial charge in [-0.05, 0) is 26.7 Å². The smallest absolute Gasteiger partial charge is 0.183 e. The van der Waals surface area contributed by atoms with Crippen molar-refractivity contribution in [2.45, 2.75) is 46.0 Å². The Morgan fingerprint density at radius 2 is 1.65 bits per heavy atom. The summed E-state index contributed by atoms with van der Waals surface area (Å²) in [4.78, 5) is 0. The highest BCUT2D eigenvalue weighted by Crippen LogP contribution is 2.09. The minimum absolute atomic E-state index is 0.103. The fourth-order valence-corrected chi connectivity index (χ4v) is 2.29. The summed E-state index contributed by atoms with van der Waals surface area (Å²) in [5.41, 5.74) is 0. The second-order valence-electron chi connectivity index (χ2n) is 3.73. The maximum Gasteiger partial charge on any atom is 0.183 e. The molecule has 5 nitrogen and oxygen atoms in total. The molecule has 0 rings (SSSR count). The maximum absolute atomic E-state index is 11.3. The molecule has 0 aliphatic rings. The Morgan fingerprint density at radius 3 is 2.06 bits per heavy atom. The minimum Gasteiger partial charge on any atom is -0.388 e. The van der Waals surface area contributed by atoms with E-state index >= 15 is 0 Å². The van der Waals surface area contributed by atoms with Crippen molar-refractivity contribution < 1.29 is 23.0 Å². The molecule has 0 heterocycles.